The van der Waals surface area contributed by atoms with Gasteiger partial charge in [0.2, 0.25) is 0 Å². The molecule has 0 aliphatic carbocycles. The molecule has 0 bridgehead atoms. The summed E-state index contributed by atoms with van der Waals surface area (Å²) >= 11 is 0. The van der Waals surface area contributed by atoms with Crippen LogP contribution in [-0.2, 0) is 42.9 Å². The number of esters is 4. The molecule has 0 aromatic carbocycles. The van der Waals surface area contributed by atoms with Crippen LogP contribution >= 0.6 is 0 Å². The smallest absolute Gasteiger partial charge is 0.333 e. The molecule has 1 aliphatic heterocycles. The summed E-state index contributed by atoms with van der Waals surface area (Å²) in [5, 5.41) is 0. The molecule has 1 saturated heterocycles. The Bertz CT molecular complexity index is 744. The van der Waals surface area contributed by atoms with Gasteiger partial charge in [0.1, 0.15) is 32.5 Å². The summed E-state index contributed by atoms with van der Waals surface area (Å²) in [6.07, 6.45) is 0.590. The molecule has 1 fully saturated rings. The summed E-state index contributed by atoms with van der Waals surface area (Å²) in [6.45, 7) is 22.8. The molecule has 1 heterocycles. The van der Waals surface area contributed by atoms with Crippen molar-refractivity contribution in [3.8, 4) is 0 Å². The van der Waals surface area contributed by atoms with Gasteiger partial charge in [-0.1, -0.05) is 33.2 Å². The third-order valence-electron chi connectivity index (χ3n) is 4.47. The zero-order valence-corrected chi connectivity index (χ0v) is 20.8. The molecule has 0 amide bonds. The van der Waals surface area contributed by atoms with Crippen molar-refractivity contribution in [2.24, 2.45) is 5.41 Å². The van der Waals surface area contributed by atoms with Gasteiger partial charge in [-0.3, -0.25) is 0 Å². The molecule has 0 saturated carbocycles. The van der Waals surface area contributed by atoms with E-state index in [9.17, 15) is 19.2 Å². The zero-order valence-electron chi connectivity index (χ0n) is 20.8. The van der Waals surface area contributed by atoms with Crippen molar-refractivity contribution in [2.45, 2.75) is 47.1 Å². The molecular weight excluding hydrogens is 444 g/mol. The van der Waals surface area contributed by atoms with Crippen LogP contribution in [-0.4, -0.2) is 63.0 Å². The van der Waals surface area contributed by atoms with Gasteiger partial charge in [-0.2, -0.15) is 0 Å². The Hall–Kier alpha value is -3.20. The lowest BCUT2D eigenvalue weighted by molar-refractivity contribution is -0.157. The standard InChI is InChI=1S/C18H26O6.C7H10O3/c1-8-18(9-22-15(19)12(2)3,10-23-16(20)13(4)5)11-24-17(21)14(6)7;1-5(2)7(8)10-4-6-3-9-6/h2,4,6,8-11H2,1,3,5,7H3;6H,1,3-4H2,2H3. The van der Waals surface area contributed by atoms with Gasteiger partial charge < -0.3 is 23.7 Å². The largest absolute Gasteiger partial charge is 0.461 e. The molecule has 0 aromatic rings. The van der Waals surface area contributed by atoms with Crippen molar-refractivity contribution in [3.05, 3.63) is 48.6 Å². The molecular formula is C25H36O9. The normalized spacial score (nSPS) is 13.9. The maximum Gasteiger partial charge on any atom is 0.333 e. The molecule has 9 nitrogen and oxygen atoms in total. The highest BCUT2D eigenvalue weighted by Gasteiger charge is 2.34. The second-order valence-electron chi connectivity index (χ2n) is 8.26. The fraction of sp³-hybridized carbons (Fsp3) is 0.520. The SMILES string of the molecule is C=C(C)C(=O)OCC(CC)(COC(=O)C(=C)C)COC(=O)C(=C)C.C=C(C)C(=O)OCC1CO1. The Kier molecular flexibility index (Phi) is 13.5. The second-order valence-corrected chi connectivity index (χ2v) is 8.26. The predicted molar refractivity (Wildman–Crippen MR) is 126 cm³/mol. The lowest BCUT2D eigenvalue weighted by Gasteiger charge is -2.31. The van der Waals surface area contributed by atoms with E-state index in [-0.39, 0.29) is 48.6 Å². The zero-order chi connectivity index (χ0) is 26.5. The van der Waals surface area contributed by atoms with Crippen molar-refractivity contribution < 1.29 is 42.9 Å². The number of epoxide rings is 1. The maximum absolute atomic E-state index is 11.6. The van der Waals surface area contributed by atoms with Gasteiger partial charge in [0.05, 0.1) is 12.0 Å². The number of ether oxygens (including phenoxy) is 5. The molecule has 190 valence electrons. The fourth-order valence-corrected chi connectivity index (χ4v) is 1.91. The van der Waals surface area contributed by atoms with Crippen molar-refractivity contribution in [1.29, 1.82) is 0 Å². The fourth-order valence-electron chi connectivity index (χ4n) is 1.91. The minimum atomic E-state index is -0.860. The van der Waals surface area contributed by atoms with Gasteiger partial charge in [-0.15, -0.1) is 0 Å². The first-order chi connectivity index (χ1) is 15.7. The highest BCUT2D eigenvalue weighted by atomic mass is 16.6. The maximum atomic E-state index is 11.6. The van der Waals surface area contributed by atoms with Gasteiger partial charge >= 0.3 is 23.9 Å². The van der Waals surface area contributed by atoms with Crippen LogP contribution in [0, 0.1) is 5.41 Å². The average molecular weight is 481 g/mol. The minimum Gasteiger partial charge on any atom is -0.461 e. The highest BCUT2D eigenvalue weighted by molar-refractivity contribution is 5.88. The topological polar surface area (TPSA) is 118 Å². The molecule has 0 spiro atoms. The van der Waals surface area contributed by atoms with Crippen molar-refractivity contribution >= 4 is 23.9 Å². The van der Waals surface area contributed by atoms with Gasteiger partial charge in [-0.05, 0) is 34.1 Å². The van der Waals surface area contributed by atoms with Crippen molar-refractivity contribution in [2.75, 3.05) is 33.0 Å². The number of carbonyl (C=O) groups is 4. The van der Waals surface area contributed by atoms with Crippen LogP contribution in [0.15, 0.2) is 48.6 Å². The first-order valence-corrected chi connectivity index (χ1v) is 10.7. The number of hydrogen-bond acceptors (Lipinski definition) is 9. The summed E-state index contributed by atoms with van der Waals surface area (Å²) < 4.78 is 25.1. The Balaban J connectivity index is 0.000000896. The molecule has 9 heteroatoms. The lowest BCUT2D eigenvalue weighted by atomic mass is 9.88. The van der Waals surface area contributed by atoms with Gasteiger partial charge in [0, 0.05) is 22.3 Å². The average Bonchev–Trinajstić information content (AvgIpc) is 3.61. The number of carbonyl (C=O) groups excluding carboxylic acids is 4. The molecule has 1 unspecified atom stereocenters. The number of hydrogen-bond donors (Lipinski definition) is 0. The molecule has 1 rings (SSSR count). The van der Waals surface area contributed by atoms with Crippen LogP contribution in [0.4, 0.5) is 0 Å². The predicted octanol–water partition coefficient (Wildman–Crippen LogP) is 3.25. The van der Waals surface area contributed by atoms with Crippen molar-refractivity contribution in [1.82, 2.24) is 0 Å². The second kappa shape index (κ2) is 14.8. The van der Waals surface area contributed by atoms with E-state index >= 15 is 0 Å². The summed E-state index contributed by atoms with van der Waals surface area (Å²) in [5.74, 6) is -2.03. The first-order valence-electron chi connectivity index (χ1n) is 10.7. The van der Waals surface area contributed by atoms with Gasteiger partial charge in [-0.25, -0.2) is 19.2 Å². The monoisotopic (exact) mass is 480 g/mol. The first kappa shape index (κ1) is 30.8. The van der Waals surface area contributed by atoms with E-state index < -0.39 is 23.3 Å². The Morgan fingerprint density at radius 2 is 1.00 bits per heavy atom. The summed E-state index contributed by atoms with van der Waals surface area (Å²) in [7, 11) is 0. The minimum absolute atomic E-state index is 0.0812. The number of rotatable bonds is 13. The molecule has 34 heavy (non-hydrogen) atoms. The summed E-state index contributed by atoms with van der Waals surface area (Å²) in [4.78, 5) is 45.6. The van der Waals surface area contributed by atoms with Gasteiger partial charge in [0.25, 0.3) is 0 Å². The Labute approximate surface area is 201 Å². The van der Waals surface area contributed by atoms with Crippen LogP contribution < -0.4 is 0 Å². The van der Waals surface area contributed by atoms with E-state index in [2.05, 4.69) is 26.3 Å². The van der Waals surface area contributed by atoms with Crippen LogP contribution in [0.1, 0.15) is 41.0 Å². The molecule has 0 N–H and O–H groups in total. The van der Waals surface area contributed by atoms with Crippen LogP contribution in [0.5, 0.6) is 0 Å². The highest BCUT2D eigenvalue weighted by Crippen LogP contribution is 2.25. The van der Waals surface area contributed by atoms with E-state index in [0.29, 0.717) is 25.2 Å². The molecule has 0 radical (unpaired) electrons. The Morgan fingerprint density at radius 1 is 0.706 bits per heavy atom. The van der Waals surface area contributed by atoms with Crippen LogP contribution in [0.25, 0.3) is 0 Å². The summed E-state index contributed by atoms with van der Waals surface area (Å²) in [6, 6.07) is 0. The van der Waals surface area contributed by atoms with Crippen LogP contribution in [0.2, 0.25) is 0 Å². The quantitative estimate of drug-likeness (QED) is 0.169. The lowest BCUT2D eigenvalue weighted by Crippen LogP contribution is -2.39. The van der Waals surface area contributed by atoms with E-state index in [1.165, 1.54) is 20.8 Å². The van der Waals surface area contributed by atoms with E-state index in [0.717, 1.165) is 0 Å². The Morgan fingerprint density at radius 3 is 1.24 bits per heavy atom. The van der Waals surface area contributed by atoms with Crippen LogP contribution in [0.3, 0.4) is 0 Å². The molecule has 1 atom stereocenters. The molecule has 1 aliphatic rings. The summed E-state index contributed by atoms with van der Waals surface area (Å²) in [5.41, 5.74) is 0.315. The van der Waals surface area contributed by atoms with E-state index in [1.807, 2.05) is 6.92 Å². The molecule has 0 aromatic heterocycles. The van der Waals surface area contributed by atoms with E-state index in [1.54, 1.807) is 6.92 Å². The third-order valence-corrected chi connectivity index (χ3v) is 4.47. The third kappa shape index (κ3) is 12.7. The van der Waals surface area contributed by atoms with E-state index in [4.69, 9.17) is 23.7 Å². The van der Waals surface area contributed by atoms with Crippen molar-refractivity contribution in [3.63, 3.8) is 0 Å². The van der Waals surface area contributed by atoms with Gasteiger partial charge in [0.15, 0.2) is 0 Å².